The van der Waals surface area contributed by atoms with E-state index in [4.69, 9.17) is 9.29 Å². The lowest BCUT2D eigenvalue weighted by Crippen LogP contribution is -2.38. The lowest BCUT2D eigenvalue weighted by Gasteiger charge is -2.37. The molecule has 2 nitrogen and oxygen atoms in total. The highest BCUT2D eigenvalue weighted by molar-refractivity contribution is 7.94. The molecule has 2 unspecified atom stereocenters. The summed E-state index contributed by atoms with van der Waals surface area (Å²) in [6, 6.07) is 0. The van der Waals surface area contributed by atoms with Crippen molar-refractivity contribution >= 4 is 12.0 Å². The van der Waals surface area contributed by atoms with Crippen molar-refractivity contribution in [2.24, 2.45) is 5.92 Å². The van der Waals surface area contributed by atoms with Crippen LogP contribution in [0.2, 0.25) is 0 Å². The lowest BCUT2D eigenvalue weighted by atomic mass is 9.86. The predicted octanol–water partition coefficient (Wildman–Crippen LogP) is 1.83. The molecule has 1 fully saturated rings. The van der Waals surface area contributed by atoms with E-state index in [9.17, 15) is 0 Å². The van der Waals surface area contributed by atoms with Crippen LogP contribution in [0, 0.1) is 5.92 Å². The molecule has 0 amide bonds. The molecular weight excluding hydrogens is 160 g/mol. The van der Waals surface area contributed by atoms with Crippen molar-refractivity contribution in [3.8, 4) is 0 Å². The Kier molecular flexibility index (Phi) is 3.22. The van der Waals surface area contributed by atoms with Crippen molar-refractivity contribution in [3.63, 3.8) is 0 Å². The quantitative estimate of drug-likeness (QED) is 0.651. The number of hydrogen-bond donors (Lipinski definition) is 1. The molecule has 0 aliphatic carbocycles. The fraction of sp³-hybridized carbons (Fsp3) is 1.00. The van der Waals surface area contributed by atoms with Crippen LogP contribution in [0.3, 0.4) is 0 Å². The molecule has 1 saturated heterocycles. The minimum atomic E-state index is -0.0995. The smallest absolute Gasteiger partial charge is 0.0848 e. The predicted molar refractivity (Wildman–Crippen MR) is 47.4 cm³/mol. The van der Waals surface area contributed by atoms with Gasteiger partial charge in [0.25, 0.3) is 0 Å². The first kappa shape index (κ1) is 9.36. The fourth-order valence-corrected chi connectivity index (χ4v) is 2.35. The summed E-state index contributed by atoms with van der Waals surface area (Å²) in [5.74, 6) is 1.65. The Morgan fingerprint density at radius 1 is 1.73 bits per heavy atom. The van der Waals surface area contributed by atoms with E-state index >= 15 is 0 Å². The standard InChI is InChI=1S/C8H16O2S/c1-7-3-6-11-10-8(7,2)4-5-9/h7,9H,3-6H2,1-2H3. The van der Waals surface area contributed by atoms with E-state index < -0.39 is 0 Å². The van der Waals surface area contributed by atoms with Crippen LogP contribution in [-0.4, -0.2) is 23.1 Å². The van der Waals surface area contributed by atoms with Gasteiger partial charge in [0.1, 0.15) is 0 Å². The Bertz CT molecular complexity index is 125. The first-order valence-corrected chi connectivity index (χ1v) is 5.01. The van der Waals surface area contributed by atoms with E-state index in [-0.39, 0.29) is 12.2 Å². The molecule has 11 heavy (non-hydrogen) atoms. The van der Waals surface area contributed by atoms with Gasteiger partial charge in [0.05, 0.1) is 5.60 Å². The molecule has 0 spiro atoms. The van der Waals surface area contributed by atoms with Crippen molar-refractivity contribution in [2.75, 3.05) is 12.4 Å². The van der Waals surface area contributed by atoms with Gasteiger partial charge >= 0.3 is 0 Å². The third-order valence-corrected chi connectivity index (χ3v) is 3.44. The molecule has 1 N–H and O–H groups in total. The molecule has 0 saturated carbocycles. The molecule has 1 aliphatic heterocycles. The maximum atomic E-state index is 8.81. The molecule has 1 heterocycles. The summed E-state index contributed by atoms with van der Waals surface area (Å²) in [4.78, 5) is 0. The van der Waals surface area contributed by atoms with Crippen LogP contribution in [0.4, 0.5) is 0 Å². The van der Waals surface area contributed by atoms with Gasteiger partial charge in [0, 0.05) is 18.8 Å². The first-order chi connectivity index (χ1) is 5.19. The van der Waals surface area contributed by atoms with Crippen molar-refractivity contribution in [3.05, 3.63) is 0 Å². The molecule has 0 aromatic carbocycles. The summed E-state index contributed by atoms with van der Waals surface area (Å²) in [6.07, 6.45) is 1.95. The highest BCUT2D eigenvalue weighted by Gasteiger charge is 2.34. The van der Waals surface area contributed by atoms with Gasteiger partial charge in [-0.25, -0.2) is 0 Å². The number of aliphatic hydroxyl groups is 1. The van der Waals surface area contributed by atoms with E-state index in [0.717, 1.165) is 12.2 Å². The van der Waals surface area contributed by atoms with Gasteiger partial charge in [0.15, 0.2) is 0 Å². The molecule has 0 radical (unpaired) electrons. The molecule has 1 rings (SSSR count). The zero-order valence-electron chi connectivity index (χ0n) is 7.17. The second kappa shape index (κ2) is 3.78. The molecule has 2 atom stereocenters. The van der Waals surface area contributed by atoms with E-state index in [1.807, 2.05) is 0 Å². The van der Waals surface area contributed by atoms with Crippen molar-refractivity contribution in [1.82, 2.24) is 0 Å². The molecular formula is C8H16O2S. The molecule has 3 heteroatoms. The molecule has 66 valence electrons. The summed E-state index contributed by atoms with van der Waals surface area (Å²) in [5.41, 5.74) is -0.0995. The van der Waals surface area contributed by atoms with Gasteiger partial charge in [0.2, 0.25) is 0 Å². The minimum absolute atomic E-state index is 0.0995. The molecule has 1 aliphatic rings. The number of aliphatic hydroxyl groups excluding tert-OH is 1. The summed E-state index contributed by atoms with van der Waals surface area (Å²) in [5, 5.41) is 8.81. The van der Waals surface area contributed by atoms with Crippen LogP contribution in [0.15, 0.2) is 0 Å². The second-order valence-electron chi connectivity index (χ2n) is 3.38. The Hall–Kier alpha value is 0.270. The van der Waals surface area contributed by atoms with Gasteiger partial charge < -0.3 is 9.29 Å². The van der Waals surface area contributed by atoms with Gasteiger partial charge in [-0.2, -0.15) is 0 Å². The molecule has 0 aromatic rings. The van der Waals surface area contributed by atoms with Crippen LogP contribution < -0.4 is 0 Å². The van der Waals surface area contributed by atoms with Crippen LogP contribution in [0.25, 0.3) is 0 Å². The lowest BCUT2D eigenvalue weighted by molar-refractivity contribution is 0.0183. The van der Waals surface area contributed by atoms with Crippen molar-refractivity contribution in [1.29, 1.82) is 0 Å². The highest BCUT2D eigenvalue weighted by atomic mass is 32.2. The maximum Gasteiger partial charge on any atom is 0.0848 e. The Labute approximate surface area is 72.5 Å². The first-order valence-electron chi connectivity index (χ1n) is 4.10. The van der Waals surface area contributed by atoms with Crippen LogP contribution in [0.5, 0.6) is 0 Å². The largest absolute Gasteiger partial charge is 0.396 e. The average molecular weight is 176 g/mol. The Morgan fingerprint density at radius 3 is 3.00 bits per heavy atom. The van der Waals surface area contributed by atoms with Gasteiger partial charge in [-0.1, -0.05) is 6.92 Å². The monoisotopic (exact) mass is 176 g/mol. The van der Waals surface area contributed by atoms with E-state index in [0.29, 0.717) is 5.92 Å². The zero-order chi connectivity index (χ0) is 8.32. The maximum absolute atomic E-state index is 8.81. The topological polar surface area (TPSA) is 29.5 Å². The number of hydrogen-bond acceptors (Lipinski definition) is 3. The fourth-order valence-electron chi connectivity index (χ4n) is 1.30. The van der Waals surface area contributed by atoms with Crippen LogP contribution in [0.1, 0.15) is 26.7 Å². The van der Waals surface area contributed by atoms with E-state index in [1.165, 1.54) is 18.5 Å². The third kappa shape index (κ3) is 2.10. The normalized spacial score (nSPS) is 39.0. The van der Waals surface area contributed by atoms with Crippen LogP contribution in [-0.2, 0) is 4.18 Å². The Morgan fingerprint density at radius 2 is 2.45 bits per heavy atom. The number of rotatable bonds is 2. The van der Waals surface area contributed by atoms with Gasteiger partial charge in [-0.15, -0.1) is 0 Å². The minimum Gasteiger partial charge on any atom is -0.396 e. The summed E-state index contributed by atoms with van der Waals surface area (Å²) in [7, 11) is 0. The van der Waals surface area contributed by atoms with E-state index in [1.54, 1.807) is 0 Å². The highest BCUT2D eigenvalue weighted by Crippen LogP contribution is 2.37. The van der Waals surface area contributed by atoms with Crippen LogP contribution >= 0.6 is 12.0 Å². The molecule has 0 aromatic heterocycles. The van der Waals surface area contributed by atoms with Gasteiger partial charge in [-0.05, 0) is 31.3 Å². The SMILES string of the molecule is CC1CCSOC1(C)CCO. The third-order valence-electron chi connectivity index (χ3n) is 2.53. The Balaban J connectivity index is 2.49. The molecule has 0 bridgehead atoms. The van der Waals surface area contributed by atoms with Crippen molar-refractivity contribution < 1.29 is 9.29 Å². The second-order valence-corrected chi connectivity index (χ2v) is 4.19. The zero-order valence-corrected chi connectivity index (χ0v) is 7.99. The average Bonchev–Trinajstić information content (AvgIpc) is 1.96. The van der Waals surface area contributed by atoms with E-state index in [2.05, 4.69) is 13.8 Å². The summed E-state index contributed by atoms with van der Waals surface area (Å²) in [6.45, 7) is 4.50. The summed E-state index contributed by atoms with van der Waals surface area (Å²) < 4.78 is 5.57. The van der Waals surface area contributed by atoms with Gasteiger partial charge in [-0.3, -0.25) is 0 Å². The van der Waals surface area contributed by atoms with Crippen molar-refractivity contribution in [2.45, 2.75) is 32.3 Å². The summed E-state index contributed by atoms with van der Waals surface area (Å²) >= 11 is 1.53.